The van der Waals surface area contributed by atoms with Gasteiger partial charge in [0.1, 0.15) is 6.04 Å². The molecule has 7 nitrogen and oxygen atoms in total. The van der Waals surface area contributed by atoms with E-state index in [2.05, 4.69) is 18.0 Å². The molecule has 33 heavy (non-hydrogen) atoms. The van der Waals surface area contributed by atoms with E-state index in [4.69, 9.17) is 9.47 Å². The van der Waals surface area contributed by atoms with Crippen LogP contribution in [0.1, 0.15) is 42.6 Å². The summed E-state index contributed by atoms with van der Waals surface area (Å²) in [5.41, 5.74) is 3.96. The fourth-order valence-corrected chi connectivity index (χ4v) is 5.23. The smallest absolute Gasteiger partial charge is 0.246 e. The third-order valence-electron chi connectivity index (χ3n) is 6.85. The van der Waals surface area contributed by atoms with Gasteiger partial charge in [-0.1, -0.05) is 37.6 Å². The SMILES string of the molecule is CCCCN1CC(=O)N2C(c3ccc(OC)c(OC)c3)c3[nH]c4ccccc4c3C[C@H]2C1=O. The minimum absolute atomic E-state index is 0.0280. The van der Waals surface area contributed by atoms with E-state index in [0.717, 1.165) is 40.6 Å². The minimum atomic E-state index is -0.520. The monoisotopic (exact) mass is 447 g/mol. The molecule has 2 aliphatic rings. The summed E-state index contributed by atoms with van der Waals surface area (Å²) >= 11 is 0. The van der Waals surface area contributed by atoms with E-state index in [1.807, 2.05) is 36.4 Å². The summed E-state index contributed by atoms with van der Waals surface area (Å²) in [6, 6.07) is 12.9. The van der Waals surface area contributed by atoms with Gasteiger partial charge in [0.2, 0.25) is 11.8 Å². The number of hydrogen-bond donors (Lipinski definition) is 1. The first-order chi connectivity index (χ1) is 16.1. The Morgan fingerprint density at radius 2 is 1.85 bits per heavy atom. The Morgan fingerprint density at radius 3 is 2.61 bits per heavy atom. The molecule has 0 aliphatic carbocycles. The minimum Gasteiger partial charge on any atom is -0.493 e. The van der Waals surface area contributed by atoms with Gasteiger partial charge in [-0.3, -0.25) is 9.59 Å². The Balaban J connectivity index is 1.67. The van der Waals surface area contributed by atoms with Crippen LogP contribution in [0.5, 0.6) is 11.5 Å². The molecule has 2 aromatic carbocycles. The van der Waals surface area contributed by atoms with E-state index in [9.17, 15) is 9.59 Å². The van der Waals surface area contributed by atoms with Crippen molar-refractivity contribution in [3.63, 3.8) is 0 Å². The number of piperazine rings is 1. The summed E-state index contributed by atoms with van der Waals surface area (Å²) in [4.78, 5) is 34.1. The first-order valence-corrected chi connectivity index (χ1v) is 11.5. The molecule has 172 valence electrons. The van der Waals surface area contributed by atoms with Gasteiger partial charge in [0, 0.05) is 29.6 Å². The lowest BCUT2D eigenvalue weighted by Crippen LogP contribution is -2.63. The van der Waals surface area contributed by atoms with Crippen molar-refractivity contribution in [2.45, 2.75) is 38.3 Å². The molecule has 0 saturated carbocycles. The second-order valence-electron chi connectivity index (χ2n) is 8.71. The van der Waals surface area contributed by atoms with Crippen molar-refractivity contribution < 1.29 is 19.1 Å². The molecule has 0 spiro atoms. The summed E-state index contributed by atoms with van der Waals surface area (Å²) in [5.74, 6) is 1.22. The van der Waals surface area contributed by atoms with Gasteiger partial charge in [0.15, 0.2) is 11.5 Å². The first kappa shape index (κ1) is 21.4. The Hall–Kier alpha value is -3.48. The zero-order valence-electron chi connectivity index (χ0n) is 19.3. The highest BCUT2D eigenvalue weighted by Gasteiger charge is 2.48. The van der Waals surface area contributed by atoms with Crippen LogP contribution in [0.15, 0.2) is 42.5 Å². The number of carbonyl (C=O) groups is 2. The number of aromatic nitrogens is 1. The van der Waals surface area contributed by atoms with Gasteiger partial charge in [-0.15, -0.1) is 0 Å². The Morgan fingerprint density at radius 1 is 1.06 bits per heavy atom. The lowest BCUT2D eigenvalue weighted by atomic mass is 9.86. The highest BCUT2D eigenvalue weighted by atomic mass is 16.5. The second-order valence-corrected chi connectivity index (χ2v) is 8.71. The zero-order valence-corrected chi connectivity index (χ0v) is 19.3. The predicted octanol–water partition coefficient (Wildman–Crippen LogP) is 3.67. The standard InChI is InChI=1S/C26H29N3O4/c1-4-5-12-28-15-23(30)29-20(26(28)31)14-18-17-8-6-7-9-19(17)27-24(18)25(29)16-10-11-21(32-2)22(13-16)33-3/h6-11,13,20,25,27H,4-5,12,14-15H2,1-3H3/t20-,25?/m0/s1. The molecule has 0 radical (unpaired) electrons. The maximum atomic E-state index is 13.6. The van der Waals surface area contributed by atoms with E-state index in [-0.39, 0.29) is 18.4 Å². The summed E-state index contributed by atoms with van der Waals surface area (Å²) < 4.78 is 11.0. The molecule has 2 aliphatic heterocycles. The number of H-pyrrole nitrogens is 1. The molecule has 2 amide bonds. The van der Waals surface area contributed by atoms with Gasteiger partial charge in [-0.25, -0.2) is 0 Å². The van der Waals surface area contributed by atoms with Gasteiger partial charge < -0.3 is 24.3 Å². The molecular formula is C26H29N3O4. The summed E-state index contributed by atoms with van der Waals surface area (Å²) in [6.45, 7) is 2.83. The Kier molecular flexibility index (Phi) is 5.48. The normalized spacial score (nSPS) is 20.1. The van der Waals surface area contributed by atoms with Crippen molar-refractivity contribution in [3.05, 3.63) is 59.3 Å². The lowest BCUT2D eigenvalue weighted by Gasteiger charge is -2.47. The van der Waals surface area contributed by atoms with E-state index >= 15 is 0 Å². The molecule has 2 atom stereocenters. The van der Waals surface area contributed by atoms with E-state index in [1.54, 1.807) is 24.0 Å². The van der Waals surface area contributed by atoms with Crippen LogP contribution in [0.2, 0.25) is 0 Å². The quantitative estimate of drug-likeness (QED) is 0.626. The number of rotatable bonds is 6. The number of nitrogens with one attached hydrogen (secondary N) is 1. The molecule has 1 unspecified atom stereocenters. The Labute approximate surface area is 193 Å². The third kappa shape index (κ3) is 3.43. The number of amides is 2. The first-order valence-electron chi connectivity index (χ1n) is 11.5. The van der Waals surface area contributed by atoms with Crippen LogP contribution in [0.4, 0.5) is 0 Å². The molecule has 3 heterocycles. The van der Waals surface area contributed by atoms with E-state index in [1.165, 1.54) is 0 Å². The molecular weight excluding hydrogens is 418 g/mol. The molecule has 1 aromatic heterocycles. The van der Waals surface area contributed by atoms with Crippen LogP contribution in [-0.2, 0) is 16.0 Å². The molecule has 5 rings (SSSR count). The van der Waals surface area contributed by atoms with Crippen LogP contribution in [0.25, 0.3) is 10.9 Å². The largest absolute Gasteiger partial charge is 0.493 e. The molecule has 0 bridgehead atoms. The number of ether oxygens (including phenoxy) is 2. The van der Waals surface area contributed by atoms with Gasteiger partial charge in [0.05, 0.1) is 26.8 Å². The number of unbranched alkanes of at least 4 members (excludes halogenated alkanes) is 1. The fraction of sp³-hybridized carbons (Fsp3) is 0.385. The van der Waals surface area contributed by atoms with Crippen molar-refractivity contribution in [1.82, 2.24) is 14.8 Å². The summed E-state index contributed by atoms with van der Waals surface area (Å²) in [5, 5.41) is 1.10. The van der Waals surface area contributed by atoms with Crippen molar-refractivity contribution in [2.24, 2.45) is 0 Å². The van der Waals surface area contributed by atoms with Crippen LogP contribution >= 0.6 is 0 Å². The number of methoxy groups -OCH3 is 2. The maximum Gasteiger partial charge on any atom is 0.246 e. The van der Waals surface area contributed by atoms with Crippen LogP contribution in [-0.4, -0.2) is 59.9 Å². The van der Waals surface area contributed by atoms with Crippen molar-refractivity contribution >= 4 is 22.7 Å². The number of hydrogen-bond acceptors (Lipinski definition) is 4. The van der Waals surface area contributed by atoms with Gasteiger partial charge >= 0.3 is 0 Å². The van der Waals surface area contributed by atoms with Crippen LogP contribution < -0.4 is 9.47 Å². The van der Waals surface area contributed by atoms with Crippen LogP contribution in [0.3, 0.4) is 0 Å². The number of nitrogens with zero attached hydrogens (tertiary/aromatic N) is 2. The zero-order chi connectivity index (χ0) is 23.1. The van der Waals surface area contributed by atoms with Gasteiger partial charge in [-0.05, 0) is 35.7 Å². The third-order valence-corrected chi connectivity index (χ3v) is 6.85. The molecule has 7 heteroatoms. The Bertz CT molecular complexity index is 1220. The van der Waals surface area contributed by atoms with Crippen molar-refractivity contribution in [2.75, 3.05) is 27.3 Å². The topological polar surface area (TPSA) is 74.9 Å². The van der Waals surface area contributed by atoms with Crippen molar-refractivity contribution in [1.29, 1.82) is 0 Å². The van der Waals surface area contributed by atoms with Gasteiger partial charge in [-0.2, -0.15) is 0 Å². The number of carbonyl (C=O) groups excluding carboxylic acids is 2. The number of para-hydroxylation sites is 1. The number of aromatic amines is 1. The van der Waals surface area contributed by atoms with Crippen molar-refractivity contribution in [3.8, 4) is 11.5 Å². The average molecular weight is 448 g/mol. The average Bonchev–Trinajstić information content (AvgIpc) is 3.22. The summed E-state index contributed by atoms with van der Waals surface area (Å²) in [7, 11) is 3.20. The fourth-order valence-electron chi connectivity index (χ4n) is 5.23. The highest BCUT2D eigenvalue weighted by molar-refractivity contribution is 5.97. The van der Waals surface area contributed by atoms with Crippen LogP contribution in [0, 0.1) is 0 Å². The molecule has 3 aromatic rings. The van der Waals surface area contributed by atoms with E-state index in [0.29, 0.717) is 24.5 Å². The maximum absolute atomic E-state index is 13.6. The highest BCUT2D eigenvalue weighted by Crippen LogP contribution is 2.44. The number of fused-ring (bicyclic) bond motifs is 4. The van der Waals surface area contributed by atoms with Gasteiger partial charge in [0.25, 0.3) is 0 Å². The second kappa shape index (κ2) is 8.46. The predicted molar refractivity (Wildman–Crippen MR) is 126 cm³/mol. The molecule has 1 fully saturated rings. The lowest BCUT2D eigenvalue weighted by molar-refractivity contribution is -0.158. The number of benzene rings is 2. The molecule has 1 saturated heterocycles. The summed E-state index contributed by atoms with van der Waals surface area (Å²) in [6.07, 6.45) is 2.38. The molecule has 1 N–H and O–H groups in total. The van der Waals surface area contributed by atoms with E-state index < -0.39 is 12.1 Å².